The molecule has 1 amide bonds. The summed E-state index contributed by atoms with van der Waals surface area (Å²) in [5.74, 6) is -0.366. The summed E-state index contributed by atoms with van der Waals surface area (Å²) in [6, 6.07) is 0. The molecule has 0 spiro atoms. The molecule has 2 heterocycles. The van der Waals surface area contributed by atoms with Crippen molar-refractivity contribution in [1.82, 2.24) is 15.0 Å². The molecule has 0 saturated carbocycles. The molecule has 2 aromatic rings. The number of primary amides is 1. The molecule has 0 aliphatic rings. The molecular formula is C7H9N6O2+. The van der Waals surface area contributed by atoms with Gasteiger partial charge in [0, 0.05) is 0 Å². The molecule has 2 rings (SSSR count). The Labute approximate surface area is 83.3 Å². The molecule has 2 aromatic heterocycles. The van der Waals surface area contributed by atoms with E-state index in [2.05, 4.69) is 19.9 Å². The first-order valence-electron chi connectivity index (χ1n) is 4.10. The zero-order chi connectivity index (χ0) is 11.0. The molecule has 0 unspecified atom stereocenters. The Morgan fingerprint density at radius 2 is 2.27 bits per heavy atom. The molecule has 8 heteroatoms. The lowest BCUT2D eigenvalue weighted by Crippen LogP contribution is -2.26. The van der Waals surface area contributed by atoms with Gasteiger partial charge in [0.1, 0.15) is 6.61 Å². The number of nitrogen functional groups attached to an aromatic ring is 1. The average Bonchev–Trinajstić information content (AvgIpc) is 2.61. The molecule has 0 aromatic carbocycles. The van der Waals surface area contributed by atoms with Gasteiger partial charge in [-0.3, -0.25) is 4.79 Å². The second kappa shape index (κ2) is 3.17. The number of H-pyrrole nitrogens is 2. The van der Waals surface area contributed by atoms with Crippen molar-refractivity contribution in [3.63, 3.8) is 0 Å². The maximum atomic E-state index is 10.9. The fourth-order valence-corrected chi connectivity index (χ4v) is 1.21. The molecule has 0 bridgehead atoms. The van der Waals surface area contributed by atoms with Gasteiger partial charge < -0.3 is 21.6 Å². The molecule has 0 fully saturated rings. The van der Waals surface area contributed by atoms with Crippen molar-refractivity contribution in [2.45, 2.75) is 6.61 Å². The highest BCUT2D eigenvalue weighted by molar-refractivity contribution is 5.90. The molecule has 7 N–H and O–H groups in total. The summed E-state index contributed by atoms with van der Waals surface area (Å²) in [5.41, 5.74) is 11.4. The number of imidazole rings is 1. The number of fused-ring (bicyclic) bond motifs is 1. The van der Waals surface area contributed by atoms with Gasteiger partial charge in [-0.2, -0.15) is 0 Å². The first-order valence-corrected chi connectivity index (χ1v) is 4.10. The maximum absolute atomic E-state index is 10.9. The lowest BCUT2D eigenvalue weighted by atomic mass is 10.4. The van der Waals surface area contributed by atoms with Gasteiger partial charge in [-0.05, 0) is 0 Å². The van der Waals surface area contributed by atoms with Crippen LogP contribution in [-0.4, -0.2) is 26.0 Å². The number of aromatic amines is 2. The largest absolute Gasteiger partial charge is 0.387 e. The predicted octanol–water partition coefficient (Wildman–Crippen LogP) is -2.05. The van der Waals surface area contributed by atoms with Gasteiger partial charge in [0.2, 0.25) is 11.6 Å². The molecule has 0 aliphatic heterocycles. The molecule has 0 saturated heterocycles. The first-order chi connectivity index (χ1) is 7.11. The van der Waals surface area contributed by atoms with Crippen LogP contribution in [0, 0.1) is 0 Å². The fourth-order valence-electron chi connectivity index (χ4n) is 1.21. The number of aliphatic hydroxyl groups excluding tert-OH is 1. The third-order valence-corrected chi connectivity index (χ3v) is 1.86. The molecule has 78 valence electrons. The lowest BCUT2D eigenvalue weighted by Gasteiger charge is -1.90. The summed E-state index contributed by atoms with van der Waals surface area (Å²) >= 11 is 0. The Morgan fingerprint density at radius 3 is 2.87 bits per heavy atom. The van der Waals surface area contributed by atoms with Gasteiger partial charge in [-0.15, -0.1) is 0 Å². The number of nitrogens with zero attached hydrogens (tertiary/aromatic N) is 2. The average molecular weight is 209 g/mol. The maximum Gasteiger partial charge on any atom is 0.328 e. The van der Waals surface area contributed by atoms with Crippen LogP contribution in [0.3, 0.4) is 0 Å². The zero-order valence-electron chi connectivity index (χ0n) is 7.61. The number of hydrogen-bond acceptors (Lipinski definition) is 5. The highest BCUT2D eigenvalue weighted by Gasteiger charge is 2.19. The van der Waals surface area contributed by atoms with Crippen LogP contribution in [-0.2, 0) is 6.61 Å². The van der Waals surface area contributed by atoms with E-state index >= 15 is 0 Å². The van der Waals surface area contributed by atoms with E-state index in [-0.39, 0.29) is 18.2 Å². The highest BCUT2D eigenvalue weighted by Crippen LogP contribution is 2.12. The molecular weight excluding hydrogens is 200 g/mol. The third-order valence-electron chi connectivity index (χ3n) is 1.86. The number of anilines is 1. The molecule has 0 radical (unpaired) electrons. The molecule has 8 nitrogen and oxygen atoms in total. The van der Waals surface area contributed by atoms with Gasteiger partial charge in [0.15, 0.2) is 5.52 Å². The van der Waals surface area contributed by atoms with Gasteiger partial charge in [-0.25, -0.2) is 4.98 Å². The van der Waals surface area contributed by atoms with Gasteiger partial charge >= 0.3 is 11.7 Å². The van der Waals surface area contributed by atoms with Crippen LogP contribution in [0.2, 0.25) is 0 Å². The van der Waals surface area contributed by atoms with Crippen LogP contribution >= 0.6 is 0 Å². The van der Waals surface area contributed by atoms with E-state index in [1.807, 2.05) is 0 Å². The summed E-state index contributed by atoms with van der Waals surface area (Å²) in [7, 11) is 0. The number of rotatable bonds is 2. The number of amides is 1. The van der Waals surface area contributed by atoms with Crippen LogP contribution < -0.4 is 16.5 Å². The van der Waals surface area contributed by atoms with Crippen LogP contribution in [0.25, 0.3) is 11.2 Å². The minimum Gasteiger partial charge on any atom is -0.387 e. The number of nitrogens with one attached hydrogen (secondary N) is 2. The normalized spacial score (nSPS) is 10.7. The SMILES string of the molecule is NC(=O)c1nc(N)c2[nH]c(CO)nc2[nH+]1. The zero-order valence-corrected chi connectivity index (χ0v) is 7.61. The van der Waals surface area contributed by atoms with Gasteiger partial charge in [0.05, 0.1) is 0 Å². The standard InChI is InChI=1S/C7H8N6O2/c8-4-3-6(11-2(1-14)10-3)13-7(12-4)5(9)15/h14H,1H2,(H2,9,15)(H3,8,10,11,12,13)/p+1. The van der Waals surface area contributed by atoms with Gasteiger partial charge in [0.25, 0.3) is 5.65 Å². The second-order valence-electron chi connectivity index (χ2n) is 2.90. The van der Waals surface area contributed by atoms with Gasteiger partial charge in [-0.1, -0.05) is 9.97 Å². The first kappa shape index (κ1) is 9.34. The Morgan fingerprint density at radius 1 is 1.53 bits per heavy atom. The van der Waals surface area contributed by atoms with E-state index in [0.29, 0.717) is 17.0 Å². The second-order valence-corrected chi connectivity index (χ2v) is 2.90. The van der Waals surface area contributed by atoms with E-state index in [4.69, 9.17) is 16.6 Å². The van der Waals surface area contributed by atoms with E-state index in [9.17, 15) is 4.79 Å². The summed E-state index contributed by atoms with van der Waals surface area (Å²) < 4.78 is 0. The van der Waals surface area contributed by atoms with Crippen molar-refractivity contribution in [3.05, 3.63) is 11.6 Å². The van der Waals surface area contributed by atoms with Crippen molar-refractivity contribution in [2.75, 3.05) is 5.73 Å². The van der Waals surface area contributed by atoms with E-state index in [1.165, 1.54) is 0 Å². The monoisotopic (exact) mass is 209 g/mol. The van der Waals surface area contributed by atoms with Crippen molar-refractivity contribution < 1.29 is 14.9 Å². The summed E-state index contributed by atoms with van der Waals surface area (Å²) in [6.45, 7) is -0.256. The Bertz CT molecular complexity index is 534. The summed E-state index contributed by atoms with van der Waals surface area (Å²) in [5, 5.41) is 8.85. The predicted molar refractivity (Wildman–Crippen MR) is 49.3 cm³/mol. The number of aliphatic hydroxyl groups is 1. The fraction of sp³-hybridized carbons (Fsp3) is 0.143. The quantitative estimate of drug-likeness (QED) is 0.449. The smallest absolute Gasteiger partial charge is 0.328 e. The molecule has 15 heavy (non-hydrogen) atoms. The number of aromatic nitrogens is 4. The van der Waals surface area contributed by atoms with Crippen LogP contribution in [0.4, 0.5) is 5.82 Å². The number of carbonyl (C=O) groups excluding carboxylic acids is 1. The number of carbonyl (C=O) groups is 1. The van der Waals surface area contributed by atoms with Crippen molar-refractivity contribution >= 4 is 22.9 Å². The highest BCUT2D eigenvalue weighted by atomic mass is 16.3. The minimum atomic E-state index is -0.725. The Hall–Kier alpha value is -2.22. The van der Waals surface area contributed by atoms with Crippen LogP contribution in [0.1, 0.15) is 16.4 Å². The van der Waals surface area contributed by atoms with Crippen molar-refractivity contribution in [1.29, 1.82) is 0 Å². The Kier molecular flexibility index (Phi) is 1.97. The molecule has 0 atom stereocenters. The lowest BCUT2D eigenvalue weighted by molar-refractivity contribution is -0.356. The Balaban J connectivity index is 2.70. The third kappa shape index (κ3) is 1.46. The van der Waals surface area contributed by atoms with E-state index in [1.54, 1.807) is 0 Å². The topological polar surface area (TPSA) is 145 Å². The number of nitrogens with two attached hydrogens (primary N) is 2. The summed E-state index contributed by atoms with van der Waals surface area (Å²) in [6.07, 6.45) is 0. The van der Waals surface area contributed by atoms with E-state index in [0.717, 1.165) is 0 Å². The molecule has 0 aliphatic carbocycles. The van der Waals surface area contributed by atoms with Crippen molar-refractivity contribution in [3.8, 4) is 0 Å². The number of hydrogen-bond donors (Lipinski definition) is 4. The minimum absolute atomic E-state index is 0.0732. The van der Waals surface area contributed by atoms with Crippen LogP contribution in [0.15, 0.2) is 0 Å². The van der Waals surface area contributed by atoms with Crippen LogP contribution in [0.5, 0.6) is 0 Å². The van der Waals surface area contributed by atoms with E-state index < -0.39 is 5.91 Å². The summed E-state index contributed by atoms with van der Waals surface area (Å²) in [4.78, 5) is 23.9. The van der Waals surface area contributed by atoms with Crippen molar-refractivity contribution in [2.24, 2.45) is 5.73 Å².